The quantitative estimate of drug-likeness (QED) is 0.736. The summed E-state index contributed by atoms with van der Waals surface area (Å²) in [5.74, 6) is 0.962. The first-order chi connectivity index (χ1) is 12.6. The Labute approximate surface area is 152 Å². The Morgan fingerprint density at radius 2 is 1.73 bits per heavy atom. The van der Waals surface area contributed by atoms with Gasteiger partial charge in [-0.15, -0.1) is 0 Å². The normalized spacial score (nSPS) is 10.6. The number of ether oxygens (including phenoxy) is 3. The number of nitrogens with one attached hydrogen (secondary N) is 1. The number of hydrogen-bond donors (Lipinski definition) is 1. The highest BCUT2D eigenvalue weighted by molar-refractivity contribution is 5.91. The molecule has 0 spiro atoms. The molecule has 2 aromatic carbocycles. The lowest BCUT2D eigenvalue weighted by Gasteiger charge is -2.12. The van der Waals surface area contributed by atoms with E-state index in [1.54, 1.807) is 36.4 Å². The molecule has 1 amide bonds. The topological polar surface area (TPSA) is 56.8 Å². The van der Waals surface area contributed by atoms with Gasteiger partial charge in [-0.1, -0.05) is 18.2 Å². The van der Waals surface area contributed by atoms with E-state index in [9.17, 15) is 9.18 Å². The summed E-state index contributed by atoms with van der Waals surface area (Å²) in [4.78, 5) is 11.9. The van der Waals surface area contributed by atoms with Crippen molar-refractivity contribution in [3.05, 3.63) is 59.4 Å². The lowest BCUT2D eigenvalue weighted by Crippen LogP contribution is -2.23. The summed E-state index contributed by atoms with van der Waals surface area (Å²) in [6, 6.07) is 9.99. The molecule has 0 radical (unpaired) electrons. The summed E-state index contributed by atoms with van der Waals surface area (Å²) in [6.07, 6.45) is 3.47. The number of carbonyl (C=O) groups excluding carboxylic acids is 1. The molecular formula is C20H22FNO4. The third-order valence-electron chi connectivity index (χ3n) is 3.77. The van der Waals surface area contributed by atoms with Crippen LogP contribution in [0, 0.1) is 5.82 Å². The Kier molecular flexibility index (Phi) is 7.02. The van der Waals surface area contributed by atoms with Gasteiger partial charge in [0, 0.05) is 12.6 Å². The minimum Gasteiger partial charge on any atom is -0.493 e. The van der Waals surface area contributed by atoms with Crippen LogP contribution >= 0.6 is 0 Å². The molecule has 1 N–H and O–H groups in total. The second kappa shape index (κ2) is 9.46. The highest BCUT2D eigenvalue weighted by atomic mass is 19.1. The van der Waals surface area contributed by atoms with Crippen LogP contribution in [0.25, 0.3) is 6.08 Å². The first-order valence-corrected chi connectivity index (χ1v) is 8.08. The molecule has 0 fully saturated rings. The second-order valence-corrected chi connectivity index (χ2v) is 5.42. The summed E-state index contributed by atoms with van der Waals surface area (Å²) >= 11 is 0. The molecule has 26 heavy (non-hydrogen) atoms. The summed E-state index contributed by atoms with van der Waals surface area (Å²) in [6.45, 7) is 0.347. The molecule has 0 aromatic heterocycles. The zero-order valence-corrected chi connectivity index (χ0v) is 15.0. The smallest absolute Gasteiger partial charge is 0.244 e. The van der Waals surface area contributed by atoms with Gasteiger partial charge in [0.25, 0.3) is 0 Å². The lowest BCUT2D eigenvalue weighted by molar-refractivity contribution is -0.116. The third-order valence-corrected chi connectivity index (χ3v) is 3.77. The molecule has 0 saturated heterocycles. The second-order valence-electron chi connectivity index (χ2n) is 5.42. The zero-order chi connectivity index (χ0) is 18.9. The first-order valence-electron chi connectivity index (χ1n) is 8.08. The van der Waals surface area contributed by atoms with Crippen molar-refractivity contribution in [3.63, 3.8) is 0 Å². The maximum absolute atomic E-state index is 13.5. The number of methoxy groups -OCH3 is 3. The van der Waals surface area contributed by atoms with E-state index in [4.69, 9.17) is 14.2 Å². The minimum absolute atomic E-state index is 0.268. The average molecular weight is 359 g/mol. The summed E-state index contributed by atoms with van der Waals surface area (Å²) in [5, 5.41) is 2.73. The number of hydrogen-bond acceptors (Lipinski definition) is 4. The molecule has 0 aliphatic rings. The van der Waals surface area contributed by atoms with Crippen molar-refractivity contribution in [3.8, 4) is 17.2 Å². The van der Waals surface area contributed by atoms with Crippen LogP contribution in [0.5, 0.6) is 17.2 Å². The average Bonchev–Trinajstić information content (AvgIpc) is 2.66. The third kappa shape index (κ3) is 4.99. The maximum Gasteiger partial charge on any atom is 0.244 e. The Balaban J connectivity index is 1.98. The fraction of sp³-hybridized carbons (Fsp3) is 0.250. The SMILES string of the molecule is COc1cc(/C=C/C(=O)NCCc2ccccc2F)cc(OC)c1OC. The van der Waals surface area contributed by atoms with Crippen LogP contribution in [0.2, 0.25) is 0 Å². The number of benzene rings is 2. The van der Waals surface area contributed by atoms with Gasteiger partial charge >= 0.3 is 0 Å². The Morgan fingerprint density at radius 3 is 2.31 bits per heavy atom. The molecular weight excluding hydrogens is 337 g/mol. The predicted octanol–water partition coefficient (Wildman–Crippen LogP) is 3.22. The van der Waals surface area contributed by atoms with E-state index in [1.807, 2.05) is 0 Å². The van der Waals surface area contributed by atoms with Gasteiger partial charge in [-0.05, 0) is 41.8 Å². The fourth-order valence-corrected chi connectivity index (χ4v) is 2.45. The van der Waals surface area contributed by atoms with Gasteiger partial charge in [0.2, 0.25) is 11.7 Å². The van der Waals surface area contributed by atoms with Gasteiger partial charge in [0.1, 0.15) is 5.82 Å². The van der Waals surface area contributed by atoms with Gasteiger partial charge in [0.05, 0.1) is 21.3 Å². The van der Waals surface area contributed by atoms with Crippen LogP contribution in [0.4, 0.5) is 4.39 Å². The van der Waals surface area contributed by atoms with Crippen LogP contribution in [0.15, 0.2) is 42.5 Å². The fourth-order valence-electron chi connectivity index (χ4n) is 2.45. The standard InChI is InChI=1S/C20H22FNO4/c1-24-17-12-14(13-18(25-2)20(17)26-3)8-9-19(23)22-11-10-15-6-4-5-7-16(15)21/h4-9,12-13H,10-11H2,1-3H3,(H,22,23)/b9-8+. The monoisotopic (exact) mass is 359 g/mol. The van der Waals surface area contributed by atoms with Crippen molar-refractivity contribution in [2.45, 2.75) is 6.42 Å². The molecule has 2 aromatic rings. The highest BCUT2D eigenvalue weighted by Crippen LogP contribution is 2.38. The van der Waals surface area contributed by atoms with Crippen molar-refractivity contribution in [1.82, 2.24) is 5.32 Å². The van der Waals surface area contributed by atoms with Gasteiger partial charge < -0.3 is 19.5 Å². The van der Waals surface area contributed by atoms with E-state index in [-0.39, 0.29) is 11.7 Å². The van der Waals surface area contributed by atoms with Crippen molar-refractivity contribution < 1.29 is 23.4 Å². The molecule has 0 bridgehead atoms. The largest absolute Gasteiger partial charge is 0.493 e. The predicted molar refractivity (Wildman–Crippen MR) is 98.2 cm³/mol. The van der Waals surface area contributed by atoms with Crippen molar-refractivity contribution >= 4 is 12.0 Å². The Morgan fingerprint density at radius 1 is 1.08 bits per heavy atom. The molecule has 2 rings (SSSR count). The van der Waals surface area contributed by atoms with E-state index in [0.717, 1.165) is 5.56 Å². The number of carbonyl (C=O) groups is 1. The van der Waals surface area contributed by atoms with E-state index in [1.165, 1.54) is 33.5 Å². The number of halogens is 1. The summed E-state index contributed by atoms with van der Waals surface area (Å²) < 4.78 is 29.3. The van der Waals surface area contributed by atoms with Crippen molar-refractivity contribution in [1.29, 1.82) is 0 Å². The molecule has 138 valence electrons. The van der Waals surface area contributed by atoms with Crippen molar-refractivity contribution in [2.75, 3.05) is 27.9 Å². The van der Waals surface area contributed by atoms with Crippen LogP contribution in [0.1, 0.15) is 11.1 Å². The van der Waals surface area contributed by atoms with E-state index in [2.05, 4.69) is 5.32 Å². The number of amides is 1. The first kappa shape index (κ1) is 19.3. The lowest BCUT2D eigenvalue weighted by atomic mass is 10.1. The van der Waals surface area contributed by atoms with E-state index >= 15 is 0 Å². The van der Waals surface area contributed by atoms with Gasteiger partial charge in [-0.2, -0.15) is 0 Å². The summed E-state index contributed by atoms with van der Waals surface area (Å²) in [5.41, 5.74) is 1.30. The van der Waals surface area contributed by atoms with Crippen LogP contribution in [-0.2, 0) is 11.2 Å². The zero-order valence-electron chi connectivity index (χ0n) is 15.0. The van der Waals surface area contributed by atoms with Crippen molar-refractivity contribution in [2.24, 2.45) is 0 Å². The Hall–Kier alpha value is -3.02. The highest BCUT2D eigenvalue weighted by Gasteiger charge is 2.12. The van der Waals surface area contributed by atoms with Crippen LogP contribution < -0.4 is 19.5 Å². The van der Waals surface area contributed by atoms with Gasteiger partial charge in [-0.3, -0.25) is 4.79 Å². The molecule has 0 aliphatic heterocycles. The molecule has 6 heteroatoms. The Bertz CT molecular complexity index is 764. The molecule has 5 nitrogen and oxygen atoms in total. The van der Waals surface area contributed by atoms with Gasteiger partial charge in [-0.25, -0.2) is 4.39 Å². The minimum atomic E-state index is -0.269. The van der Waals surface area contributed by atoms with Crippen LogP contribution in [-0.4, -0.2) is 33.8 Å². The maximum atomic E-state index is 13.5. The molecule has 0 aliphatic carbocycles. The van der Waals surface area contributed by atoms with Gasteiger partial charge in [0.15, 0.2) is 11.5 Å². The van der Waals surface area contributed by atoms with E-state index in [0.29, 0.717) is 35.8 Å². The number of rotatable bonds is 8. The molecule has 0 saturated carbocycles. The molecule has 0 atom stereocenters. The molecule has 0 unspecified atom stereocenters. The van der Waals surface area contributed by atoms with E-state index < -0.39 is 0 Å². The molecule has 0 heterocycles. The van der Waals surface area contributed by atoms with Crippen LogP contribution in [0.3, 0.4) is 0 Å². The summed E-state index contributed by atoms with van der Waals surface area (Å²) in [7, 11) is 4.58.